The zero-order valence-electron chi connectivity index (χ0n) is 5.95. The minimum absolute atomic E-state index is 0.166. The number of rotatable bonds is 2. The van der Waals surface area contributed by atoms with Crippen LogP contribution in [0.5, 0.6) is 0 Å². The molecule has 0 radical (unpaired) electrons. The summed E-state index contributed by atoms with van der Waals surface area (Å²) in [6, 6.07) is 8.26. The zero-order valence-corrected chi connectivity index (χ0v) is 5.95. The molecule has 10 heavy (non-hydrogen) atoms. The first-order valence-corrected chi connectivity index (χ1v) is 3.40. The second-order valence-electron chi connectivity index (χ2n) is 2.20. The minimum Gasteiger partial charge on any atom is -0.206 e. The topological polar surface area (TPSA) is 0 Å². The Morgan fingerprint density at radius 3 is 2.70 bits per heavy atom. The maximum absolute atomic E-state index is 12.7. The average Bonchev–Trinajstić information content (AvgIpc) is 1.94. The molecular formula is C9H9F. The van der Waals surface area contributed by atoms with Crippen molar-refractivity contribution in [2.45, 2.75) is 19.8 Å². The van der Waals surface area contributed by atoms with E-state index in [1.807, 2.05) is 6.92 Å². The highest BCUT2D eigenvalue weighted by molar-refractivity contribution is 5.12. The highest BCUT2D eigenvalue weighted by Gasteiger charge is 1.96. The van der Waals surface area contributed by atoms with Gasteiger partial charge in [0.2, 0.25) is 0 Å². The van der Waals surface area contributed by atoms with Gasteiger partial charge < -0.3 is 0 Å². The predicted octanol–water partition coefficient (Wildman–Crippen LogP) is 2.38. The first-order chi connectivity index (χ1) is 4.84. The summed E-state index contributed by atoms with van der Waals surface area (Å²) in [4.78, 5) is 0. The number of hydrogen-bond acceptors (Lipinski definition) is 0. The van der Waals surface area contributed by atoms with E-state index in [9.17, 15) is 4.39 Å². The molecule has 1 aromatic carbocycles. The van der Waals surface area contributed by atoms with Crippen LogP contribution < -0.4 is 0 Å². The van der Waals surface area contributed by atoms with Crippen molar-refractivity contribution >= 4 is 0 Å². The molecule has 0 aliphatic rings. The molecule has 0 spiro atoms. The van der Waals surface area contributed by atoms with Crippen LogP contribution >= 0.6 is 0 Å². The fourth-order valence-electron chi connectivity index (χ4n) is 0.856. The molecule has 0 N–H and O–H groups in total. The summed E-state index contributed by atoms with van der Waals surface area (Å²) in [6.07, 6.45) is 1.76. The molecule has 0 fully saturated rings. The number of hydrogen-bond donors (Lipinski definition) is 0. The van der Waals surface area contributed by atoms with Gasteiger partial charge in [-0.05, 0) is 18.1 Å². The van der Waals surface area contributed by atoms with Crippen molar-refractivity contribution in [2.24, 2.45) is 0 Å². The zero-order chi connectivity index (χ0) is 7.40. The fraction of sp³-hybridized carbons (Fsp3) is 0.333. The Bertz CT molecular complexity index is 206. The lowest BCUT2D eigenvalue weighted by atomic mass is 10.1. The van der Waals surface area contributed by atoms with Crippen molar-refractivity contribution in [3.8, 4) is 0 Å². The van der Waals surface area contributed by atoms with E-state index in [0.29, 0.717) is 0 Å². The van der Waals surface area contributed by atoms with Gasteiger partial charge in [0.25, 0.3) is 0 Å². The van der Waals surface area contributed by atoms with Crippen molar-refractivity contribution in [2.75, 3.05) is 0 Å². The summed E-state index contributed by atoms with van der Waals surface area (Å²) < 4.78 is 12.7. The van der Waals surface area contributed by atoms with Crippen LogP contribution in [0.4, 0.5) is 4.39 Å². The standard InChI is InChI=1S/C9H9F/c1-2-5-8-6-3-4-7-9(8)10/h6-7H,2,5H2,1H3. The van der Waals surface area contributed by atoms with E-state index in [4.69, 9.17) is 0 Å². The van der Waals surface area contributed by atoms with Gasteiger partial charge in [0, 0.05) is 6.07 Å². The lowest BCUT2D eigenvalue weighted by Crippen LogP contribution is -1.86. The van der Waals surface area contributed by atoms with Crippen molar-refractivity contribution < 1.29 is 4.39 Å². The van der Waals surface area contributed by atoms with E-state index in [-0.39, 0.29) is 5.82 Å². The molecule has 0 aromatic heterocycles. The third kappa shape index (κ3) is 1.48. The molecule has 0 heterocycles. The van der Waals surface area contributed by atoms with E-state index in [1.54, 1.807) is 6.07 Å². The lowest BCUT2D eigenvalue weighted by Gasteiger charge is -1.94. The van der Waals surface area contributed by atoms with E-state index < -0.39 is 0 Å². The molecule has 0 bridgehead atoms. The van der Waals surface area contributed by atoms with E-state index in [2.05, 4.69) is 12.1 Å². The largest absolute Gasteiger partial charge is 0.206 e. The van der Waals surface area contributed by atoms with Crippen LogP contribution in [0.15, 0.2) is 12.1 Å². The first-order valence-electron chi connectivity index (χ1n) is 3.40. The molecule has 0 saturated carbocycles. The predicted molar refractivity (Wildman–Crippen MR) is 38.1 cm³/mol. The highest BCUT2D eigenvalue weighted by atomic mass is 19.1. The Balaban J connectivity index is 2.81. The second kappa shape index (κ2) is 3.22. The molecule has 1 rings (SSSR count). The van der Waals surface area contributed by atoms with Gasteiger partial charge in [-0.25, -0.2) is 4.39 Å². The van der Waals surface area contributed by atoms with Gasteiger partial charge in [-0.3, -0.25) is 0 Å². The molecule has 1 heteroatoms. The highest BCUT2D eigenvalue weighted by Crippen LogP contribution is 2.05. The van der Waals surface area contributed by atoms with Gasteiger partial charge >= 0.3 is 0 Å². The molecule has 0 amide bonds. The summed E-state index contributed by atoms with van der Waals surface area (Å²) in [5.41, 5.74) is 0.737. The smallest absolute Gasteiger partial charge is 0.135 e. The molecule has 52 valence electrons. The van der Waals surface area contributed by atoms with Crippen LogP contribution in [0.1, 0.15) is 18.9 Å². The summed E-state index contributed by atoms with van der Waals surface area (Å²) >= 11 is 0. The SMILES string of the molecule is CCCc1cc#ccc1F. The molecule has 0 nitrogen and oxygen atoms in total. The quantitative estimate of drug-likeness (QED) is 0.585. The monoisotopic (exact) mass is 136 g/mol. The van der Waals surface area contributed by atoms with Gasteiger partial charge in [0.1, 0.15) is 5.82 Å². The van der Waals surface area contributed by atoms with Gasteiger partial charge in [0.05, 0.1) is 0 Å². The Hall–Kier alpha value is -1.03. The van der Waals surface area contributed by atoms with Gasteiger partial charge in [-0.1, -0.05) is 25.5 Å². The Labute approximate surface area is 60.7 Å². The van der Waals surface area contributed by atoms with E-state index in [0.717, 1.165) is 18.4 Å². The Morgan fingerprint density at radius 2 is 2.10 bits per heavy atom. The molecule has 0 aliphatic carbocycles. The molecule has 0 unspecified atom stereocenters. The maximum atomic E-state index is 12.7. The molecule has 0 aliphatic heterocycles. The summed E-state index contributed by atoms with van der Waals surface area (Å²) in [5.74, 6) is -0.166. The van der Waals surface area contributed by atoms with Crippen molar-refractivity contribution in [3.63, 3.8) is 0 Å². The lowest BCUT2D eigenvalue weighted by molar-refractivity contribution is 0.608. The molecule has 0 atom stereocenters. The summed E-state index contributed by atoms with van der Waals surface area (Å²) in [7, 11) is 0. The first kappa shape index (κ1) is 7.08. The normalized spacial score (nSPS) is 9.00. The van der Waals surface area contributed by atoms with Crippen LogP contribution in [0.3, 0.4) is 0 Å². The Morgan fingerprint density at radius 1 is 1.40 bits per heavy atom. The average molecular weight is 136 g/mol. The van der Waals surface area contributed by atoms with E-state index >= 15 is 0 Å². The van der Waals surface area contributed by atoms with Crippen LogP contribution in [-0.2, 0) is 6.42 Å². The third-order valence-electron chi connectivity index (χ3n) is 1.35. The molecule has 0 saturated heterocycles. The third-order valence-corrected chi connectivity index (χ3v) is 1.35. The van der Waals surface area contributed by atoms with Crippen LogP contribution in [-0.4, -0.2) is 0 Å². The molecular weight excluding hydrogens is 127 g/mol. The van der Waals surface area contributed by atoms with Crippen molar-refractivity contribution in [1.29, 1.82) is 0 Å². The van der Waals surface area contributed by atoms with Crippen LogP contribution in [0.25, 0.3) is 0 Å². The van der Waals surface area contributed by atoms with Crippen molar-refractivity contribution in [1.82, 2.24) is 0 Å². The van der Waals surface area contributed by atoms with Gasteiger partial charge in [-0.15, -0.1) is 0 Å². The van der Waals surface area contributed by atoms with Gasteiger partial charge in [-0.2, -0.15) is 0 Å². The van der Waals surface area contributed by atoms with Gasteiger partial charge in [0.15, 0.2) is 0 Å². The second-order valence-corrected chi connectivity index (χ2v) is 2.20. The van der Waals surface area contributed by atoms with Crippen molar-refractivity contribution in [3.05, 3.63) is 35.6 Å². The number of halogens is 1. The Kier molecular flexibility index (Phi) is 2.28. The summed E-state index contributed by atoms with van der Waals surface area (Å²) in [6.45, 7) is 2.02. The fourth-order valence-corrected chi connectivity index (χ4v) is 0.856. The minimum atomic E-state index is -0.166. The number of aryl methyl sites for hydroxylation is 1. The molecule has 1 aromatic rings. The van der Waals surface area contributed by atoms with E-state index in [1.165, 1.54) is 6.07 Å². The summed E-state index contributed by atoms with van der Waals surface area (Å²) in [5, 5.41) is 0. The maximum Gasteiger partial charge on any atom is 0.135 e. The van der Waals surface area contributed by atoms with Crippen LogP contribution in [0.2, 0.25) is 0 Å². The van der Waals surface area contributed by atoms with Crippen LogP contribution in [0, 0.1) is 17.9 Å².